The van der Waals surface area contributed by atoms with E-state index in [-0.39, 0.29) is 16.7 Å². The summed E-state index contributed by atoms with van der Waals surface area (Å²) in [4.78, 5) is 21.5. The summed E-state index contributed by atoms with van der Waals surface area (Å²) in [6.45, 7) is 0. The number of carboxylic acid groups (broad SMARTS) is 1. The Hall–Kier alpha value is -3.10. The fourth-order valence-corrected chi connectivity index (χ4v) is 2.00. The maximum atomic E-state index is 12.1. The molecule has 0 unspecified atom stereocenters. The van der Waals surface area contributed by atoms with Gasteiger partial charge in [-0.1, -0.05) is 18.2 Å². The highest BCUT2D eigenvalue weighted by Gasteiger charge is 2.31. The van der Waals surface area contributed by atoms with E-state index in [4.69, 9.17) is 5.11 Å². The minimum Gasteiger partial charge on any atom is -0.478 e. The van der Waals surface area contributed by atoms with E-state index < -0.39 is 28.7 Å². The molecule has 0 saturated heterocycles. The minimum atomic E-state index is -4.87. The van der Waals surface area contributed by atoms with Crippen molar-refractivity contribution in [3.63, 3.8) is 0 Å². The largest absolute Gasteiger partial charge is 0.573 e. The van der Waals surface area contributed by atoms with E-state index >= 15 is 0 Å². The van der Waals surface area contributed by atoms with Gasteiger partial charge in [0.15, 0.2) is 0 Å². The highest BCUT2D eigenvalue weighted by molar-refractivity contribution is 5.99. The van der Waals surface area contributed by atoms with Gasteiger partial charge in [0.1, 0.15) is 5.75 Å². The monoisotopic (exact) mass is 327 g/mol. The van der Waals surface area contributed by atoms with Gasteiger partial charge >= 0.3 is 12.3 Å². The van der Waals surface area contributed by atoms with E-state index in [0.717, 1.165) is 30.3 Å². The molecule has 0 fully saturated rings. The number of nitro groups is 1. The third kappa shape index (κ3) is 3.76. The molecule has 0 saturated carbocycles. The topological polar surface area (TPSA) is 89.7 Å². The van der Waals surface area contributed by atoms with Crippen molar-refractivity contribution < 1.29 is 32.7 Å². The standard InChI is InChI=1S/C14H8F3NO5/c15-14(16,17)23-9-6-4-8(5-7-9)12-10(13(19)20)2-1-3-11(12)18(21)22/h1-7H,(H,19,20). The first-order valence-corrected chi connectivity index (χ1v) is 6.06. The van der Waals surface area contributed by atoms with E-state index in [1.54, 1.807) is 0 Å². The molecule has 2 rings (SSSR count). The van der Waals surface area contributed by atoms with Crippen LogP contribution in [0.25, 0.3) is 11.1 Å². The number of aromatic carboxylic acids is 1. The highest BCUT2D eigenvalue weighted by atomic mass is 19.4. The summed E-state index contributed by atoms with van der Waals surface area (Å²) in [5, 5.41) is 20.2. The number of nitrogens with zero attached hydrogens (tertiary/aromatic N) is 1. The second-order valence-electron chi connectivity index (χ2n) is 4.33. The Morgan fingerprint density at radius 2 is 1.74 bits per heavy atom. The molecule has 0 radical (unpaired) electrons. The maximum absolute atomic E-state index is 12.1. The van der Waals surface area contributed by atoms with Gasteiger partial charge in [-0.15, -0.1) is 13.2 Å². The molecule has 0 aliphatic heterocycles. The molecule has 0 aromatic heterocycles. The van der Waals surface area contributed by atoms with Crippen molar-refractivity contribution in [1.82, 2.24) is 0 Å². The SMILES string of the molecule is O=C(O)c1cccc([N+](=O)[O-])c1-c1ccc(OC(F)(F)F)cc1. The van der Waals surface area contributed by atoms with Crippen LogP contribution in [0.4, 0.5) is 18.9 Å². The highest BCUT2D eigenvalue weighted by Crippen LogP contribution is 2.34. The van der Waals surface area contributed by atoms with E-state index in [1.807, 2.05) is 0 Å². The molecule has 2 aromatic carbocycles. The molecular formula is C14H8F3NO5. The Morgan fingerprint density at radius 1 is 1.13 bits per heavy atom. The van der Waals surface area contributed by atoms with Gasteiger partial charge in [-0.25, -0.2) is 4.79 Å². The fourth-order valence-electron chi connectivity index (χ4n) is 2.00. The first-order valence-electron chi connectivity index (χ1n) is 6.06. The van der Waals surface area contributed by atoms with E-state index in [1.165, 1.54) is 12.1 Å². The number of ether oxygens (including phenoxy) is 1. The zero-order chi connectivity index (χ0) is 17.2. The summed E-state index contributed by atoms with van der Waals surface area (Å²) in [5.74, 6) is -1.91. The van der Waals surface area contributed by atoms with Crippen LogP contribution >= 0.6 is 0 Å². The number of halogens is 3. The molecule has 0 aliphatic rings. The van der Waals surface area contributed by atoms with Crippen LogP contribution in [-0.4, -0.2) is 22.4 Å². The van der Waals surface area contributed by atoms with Crippen LogP contribution in [0.1, 0.15) is 10.4 Å². The fraction of sp³-hybridized carbons (Fsp3) is 0.0714. The Morgan fingerprint density at radius 3 is 2.22 bits per heavy atom. The van der Waals surface area contributed by atoms with Gasteiger partial charge in [-0.05, 0) is 23.8 Å². The average molecular weight is 327 g/mol. The predicted molar refractivity (Wildman–Crippen MR) is 72.2 cm³/mol. The number of carboxylic acids is 1. The first-order chi connectivity index (χ1) is 10.7. The lowest BCUT2D eigenvalue weighted by atomic mass is 9.97. The summed E-state index contributed by atoms with van der Waals surface area (Å²) in [7, 11) is 0. The van der Waals surface area contributed by atoms with Crippen molar-refractivity contribution in [2.75, 3.05) is 0 Å². The normalized spacial score (nSPS) is 11.1. The summed E-state index contributed by atoms with van der Waals surface area (Å²) in [6.07, 6.45) is -4.87. The Kier molecular flexibility index (Phi) is 4.21. The summed E-state index contributed by atoms with van der Waals surface area (Å²) >= 11 is 0. The zero-order valence-electron chi connectivity index (χ0n) is 11.2. The van der Waals surface area contributed by atoms with Crippen LogP contribution in [0.15, 0.2) is 42.5 Å². The third-order valence-electron chi connectivity index (χ3n) is 2.85. The number of benzene rings is 2. The molecule has 23 heavy (non-hydrogen) atoms. The Bertz CT molecular complexity index is 724. The van der Waals surface area contributed by atoms with Gasteiger partial charge in [0, 0.05) is 6.07 Å². The summed E-state index contributed by atoms with van der Waals surface area (Å²) in [6, 6.07) is 7.64. The van der Waals surface area contributed by atoms with Gasteiger partial charge in [-0.3, -0.25) is 10.1 Å². The molecule has 0 bridgehead atoms. The molecule has 0 amide bonds. The van der Waals surface area contributed by atoms with Gasteiger partial charge in [0.25, 0.3) is 5.69 Å². The maximum Gasteiger partial charge on any atom is 0.573 e. The van der Waals surface area contributed by atoms with Gasteiger partial charge < -0.3 is 9.84 Å². The smallest absolute Gasteiger partial charge is 0.478 e. The summed E-state index contributed by atoms with van der Waals surface area (Å²) < 4.78 is 40.0. The molecule has 0 heterocycles. The predicted octanol–water partition coefficient (Wildman–Crippen LogP) is 3.86. The number of nitro benzene ring substituents is 1. The lowest BCUT2D eigenvalue weighted by Crippen LogP contribution is -2.16. The Balaban J connectivity index is 2.53. The van der Waals surface area contributed by atoms with Crippen molar-refractivity contribution in [2.24, 2.45) is 0 Å². The van der Waals surface area contributed by atoms with Crippen molar-refractivity contribution >= 4 is 11.7 Å². The van der Waals surface area contributed by atoms with E-state index in [0.29, 0.717) is 0 Å². The third-order valence-corrected chi connectivity index (χ3v) is 2.85. The molecule has 9 heteroatoms. The van der Waals surface area contributed by atoms with Crippen molar-refractivity contribution in [2.45, 2.75) is 6.36 Å². The molecule has 2 aromatic rings. The van der Waals surface area contributed by atoms with Crippen LogP contribution in [0, 0.1) is 10.1 Å². The number of alkyl halides is 3. The molecule has 1 N–H and O–H groups in total. The van der Waals surface area contributed by atoms with E-state index in [9.17, 15) is 28.1 Å². The molecular weight excluding hydrogens is 319 g/mol. The van der Waals surface area contributed by atoms with Crippen LogP contribution in [0.3, 0.4) is 0 Å². The molecule has 0 spiro atoms. The lowest BCUT2D eigenvalue weighted by Gasteiger charge is -2.10. The Labute approximate surface area is 126 Å². The second-order valence-corrected chi connectivity index (χ2v) is 4.33. The number of rotatable bonds is 4. The number of carbonyl (C=O) groups is 1. The van der Waals surface area contributed by atoms with Crippen LogP contribution < -0.4 is 4.74 Å². The van der Waals surface area contributed by atoms with Crippen molar-refractivity contribution in [1.29, 1.82) is 0 Å². The zero-order valence-corrected chi connectivity index (χ0v) is 11.2. The van der Waals surface area contributed by atoms with Crippen LogP contribution in [-0.2, 0) is 0 Å². The van der Waals surface area contributed by atoms with Crippen LogP contribution in [0.5, 0.6) is 5.75 Å². The summed E-state index contributed by atoms with van der Waals surface area (Å²) in [5.41, 5.74) is -0.897. The minimum absolute atomic E-state index is 0.0872. The molecule has 6 nitrogen and oxygen atoms in total. The molecule has 0 aliphatic carbocycles. The molecule has 0 atom stereocenters. The van der Waals surface area contributed by atoms with Gasteiger partial charge in [0.2, 0.25) is 0 Å². The number of hydrogen-bond donors (Lipinski definition) is 1. The van der Waals surface area contributed by atoms with Gasteiger partial charge in [-0.2, -0.15) is 0 Å². The average Bonchev–Trinajstić information content (AvgIpc) is 2.45. The molecule has 120 valence electrons. The number of hydrogen-bond acceptors (Lipinski definition) is 4. The van der Waals surface area contributed by atoms with Gasteiger partial charge in [0.05, 0.1) is 16.1 Å². The second kappa shape index (κ2) is 5.95. The van der Waals surface area contributed by atoms with Crippen LogP contribution in [0.2, 0.25) is 0 Å². The quantitative estimate of drug-likeness (QED) is 0.680. The lowest BCUT2D eigenvalue weighted by molar-refractivity contribution is -0.384. The van der Waals surface area contributed by atoms with E-state index in [2.05, 4.69) is 4.74 Å². The first kappa shape index (κ1) is 16.3. The van der Waals surface area contributed by atoms with Crippen molar-refractivity contribution in [3.8, 4) is 16.9 Å². The van der Waals surface area contributed by atoms with Crippen molar-refractivity contribution in [3.05, 3.63) is 58.1 Å².